The Balaban J connectivity index is 2.26. The van der Waals surface area contributed by atoms with Crippen molar-refractivity contribution >= 4 is 11.6 Å². The number of carbonyl (C=O) groups excluding carboxylic acids is 2. The summed E-state index contributed by atoms with van der Waals surface area (Å²) in [5.74, 6) is -0.341. The first-order chi connectivity index (χ1) is 9.21. The van der Waals surface area contributed by atoms with Gasteiger partial charge in [-0.1, -0.05) is 31.2 Å². The van der Waals surface area contributed by atoms with Crippen molar-refractivity contribution in [2.24, 2.45) is 0 Å². The largest absolute Gasteiger partial charge is 0.293 e. The lowest BCUT2D eigenvalue weighted by Crippen LogP contribution is -2.38. The smallest absolute Gasteiger partial charge is 0.183 e. The third-order valence-corrected chi connectivity index (χ3v) is 3.73. The molecule has 0 atom stereocenters. The molecule has 19 heavy (non-hydrogen) atoms. The van der Waals surface area contributed by atoms with E-state index in [9.17, 15) is 9.59 Å². The van der Waals surface area contributed by atoms with Crippen molar-refractivity contribution in [1.82, 2.24) is 10.2 Å². The molecule has 0 unspecified atom stereocenters. The minimum Gasteiger partial charge on any atom is -0.293 e. The number of hydrogen-bond acceptors (Lipinski definition) is 4. The average Bonchev–Trinajstić information content (AvgIpc) is 2.70. The minimum absolute atomic E-state index is 0.170. The fourth-order valence-corrected chi connectivity index (χ4v) is 2.71. The molecule has 0 saturated carbocycles. The Morgan fingerprint density at radius 1 is 1.00 bits per heavy atom. The molecule has 94 valence electrons. The van der Waals surface area contributed by atoms with Gasteiger partial charge in [-0.3, -0.25) is 9.59 Å². The van der Waals surface area contributed by atoms with Crippen LogP contribution in [0.15, 0.2) is 42.6 Å². The molecule has 4 heteroatoms. The van der Waals surface area contributed by atoms with Crippen LogP contribution in [0.4, 0.5) is 0 Å². The second-order valence-electron chi connectivity index (χ2n) is 4.57. The second kappa shape index (κ2) is 4.09. The number of aromatic nitrogens is 2. The van der Waals surface area contributed by atoms with Crippen LogP contribution in [0.5, 0.6) is 0 Å². The summed E-state index contributed by atoms with van der Waals surface area (Å²) in [6.45, 7) is 1.83. The van der Waals surface area contributed by atoms with Crippen molar-refractivity contribution in [1.29, 1.82) is 0 Å². The highest BCUT2D eigenvalue weighted by molar-refractivity contribution is 6.32. The van der Waals surface area contributed by atoms with Crippen molar-refractivity contribution in [3.8, 4) is 0 Å². The highest BCUT2D eigenvalue weighted by Crippen LogP contribution is 2.40. The van der Waals surface area contributed by atoms with Crippen LogP contribution < -0.4 is 0 Å². The maximum absolute atomic E-state index is 12.7. The van der Waals surface area contributed by atoms with E-state index in [1.54, 1.807) is 36.4 Å². The van der Waals surface area contributed by atoms with Gasteiger partial charge >= 0.3 is 0 Å². The molecular weight excluding hydrogens is 240 g/mol. The molecule has 3 rings (SSSR count). The van der Waals surface area contributed by atoms with Gasteiger partial charge in [0.2, 0.25) is 0 Å². The van der Waals surface area contributed by atoms with Gasteiger partial charge in [-0.15, -0.1) is 0 Å². The molecule has 1 aliphatic rings. The molecule has 1 aromatic carbocycles. The Hall–Kier alpha value is -2.36. The standard InChI is InChI=1S/C15H12N2O2/c1-2-15(12-8-5-9-16-17-12)13(18)10-6-3-4-7-11(10)14(15)19/h3-9H,2H2,1H3. The summed E-state index contributed by atoms with van der Waals surface area (Å²) in [6.07, 6.45) is 1.92. The van der Waals surface area contributed by atoms with Crippen LogP contribution >= 0.6 is 0 Å². The Morgan fingerprint density at radius 3 is 2.11 bits per heavy atom. The van der Waals surface area contributed by atoms with Gasteiger partial charge in [0.25, 0.3) is 0 Å². The van der Waals surface area contributed by atoms with E-state index in [0.29, 0.717) is 23.2 Å². The normalized spacial score (nSPS) is 16.5. The molecule has 0 amide bonds. The van der Waals surface area contributed by atoms with E-state index in [1.807, 2.05) is 6.92 Å². The number of hydrogen-bond donors (Lipinski definition) is 0. The molecule has 2 aromatic rings. The second-order valence-corrected chi connectivity index (χ2v) is 4.57. The van der Waals surface area contributed by atoms with Crippen LogP contribution in [0.1, 0.15) is 39.8 Å². The fraction of sp³-hybridized carbons (Fsp3) is 0.200. The summed E-state index contributed by atoms with van der Waals surface area (Å²) in [5.41, 5.74) is 0.210. The Bertz CT molecular complexity index is 630. The lowest BCUT2D eigenvalue weighted by Gasteiger charge is -2.22. The van der Waals surface area contributed by atoms with Crippen molar-refractivity contribution < 1.29 is 9.59 Å². The first kappa shape index (κ1) is 11.7. The van der Waals surface area contributed by atoms with Crippen LogP contribution in [-0.2, 0) is 5.41 Å². The van der Waals surface area contributed by atoms with Crippen LogP contribution in [-0.4, -0.2) is 21.8 Å². The molecule has 0 radical (unpaired) electrons. The number of ketones is 2. The van der Waals surface area contributed by atoms with Crippen LogP contribution in [0.25, 0.3) is 0 Å². The molecule has 1 aromatic heterocycles. The van der Waals surface area contributed by atoms with Gasteiger partial charge in [0.05, 0.1) is 5.69 Å². The molecule has 0 fully saturated rings. The number of benzene rings is 1. The molecule has 1 heterocycles. The number of Topliss-reactive ketones (excluding diaryl/α,β-unsaturated/α-hetero) is 2. The van der Waals surface area contributed by atoms with E-state index >= 15 is 0 Å². The van der Waals surface area contributed by atoms with Gasteiger partial charge in [-0.05, 0) is 18.6 Å². The first-order valence-electron chi connectivity index (χ1n) is 6.18. The zero-order valence-corrected chi connectivity index (χ0v) is 10.5. The number of nitrogens with zero attached hydrogens (tertiary/aromatic N) is 2. The highest BCUT2D eigenvalue weighted by Gasteiger charge is 2.53. The zero-order valence-electron chi connectivity index (χ0n) is 10.5. The van der Waals surface area contributed by atoms with Gasteiger partial charge in [-0.2, -0.15) is 10.2 Å². The van der Waals surface area contributed by atoms with Gasteiger partial charge in [0.15, 0.2) is 11.6 Å². The van der Waals surface area contributed by atoms with Gasteiger partial charge in [-0.25, -0.2) is 0 Å². The van der Waals surface area contributed by atoms with Crippen molar-refractivity contribution in [3.63, 3.8) is 0 Å². The Labute approximate surface area is 110 Å². The summed E-state index contributed by atoms with van der Waals surface area (Å²) in [5, 5.41) is 7.80. The third-order valence-electron chi connectivity index (χ3n) is 3.73. The van der Waals surface area contributed by atoms with Crippen molar-refractivity contribution in [2.75, 3.05) is 0 Å². The molecule has 1 aliphatic carbocycles. The van der Waals surface area contributed by atoms with Gasteiger partial charge in [0.1, 0.15) is 5.41 Å². The number of rotatable bonds is 2. The molecule has 0 N–H and O–H groups in total. The average molecular weight is 252 g/mol. The quantitative estimate of drug-likeness (QED) is 0.769. The fourth-order valence-electron chi connectivity index (χ4n) is 2.71. The maximum atomic E-state index is 12.7. The summed E-state index contributed by atoms with van der Waals surface area (Å²) in [7, 11) is 0. The van der Waals surface area contributed by atoms with Crippen LogP contribution in [0, 0.1) is 0 Å². The molecule has 0 bridgehead atoms. The van der Waals surface area contributed by atoms with E-state index in [4.69, 9.17) is 0 Å². The number of carbonyl (C=O) groups is 2. The summed E-state index contributed by atoms with van der Waals surface area (Å²) in [4.78, 5) is 25.3. The van der Waals surface area contributed by atoms with E-state index in [1.165, 1.54) is 6.20 Å². The molecular formula is C15H12N2O2. The van der Waals surface area contributed by atoms with E-state index < -0.39 is 5.41 Å². The lowest BCUT2D eigenvalue weighted by molar-refractivity contribution is 0.0784. The maximum Gasteiger partial charge on any atom is 0.183 e. The predicted octanol–water partition coefficient (Wildman–Crippen LogP) is 2.20. The zero-order chi connectivity index (χ0) is 13.5. The molecule has 4 nitrogen and oxygen atoms in total. The highest BCUT2D eigenvalue weighted by atomic mass is 16.2. The van der Waals surface area contributed by atoms with E-state index in [0.717, 1.165) is 0 Å². The SMILES string of the molecule is CCC1(c2cccnn2)C(=O)c2ccccc2C1=O. The predicted molar refractivity (Wildman–Crippen MR) is 69.1 cm³/mol. The molecule has 0 saturated heterocycles. The Morgan fingerprint density at radius 2 is 1.63 bits per heavy atom. The lowest BCUT2D eigenvalue weighted by atomic mass is 9.77. The van der Waals surface area contributed by atoms with Gasteiger partial charge < -0.3 is 0 Å². The first-order valence-corrected chi connectivity index (χ1v) is 6.18. The van der Waals surface area contributed by atoms with E-state index in [2.05, 4.69) is 10.2 Å². The van der Waals surface area contributed by atoms with Gasteiger partial charge in [0, 0.05) is 17.3 Å². The van der Waals surface area contributed by atoms with E-state index in [-0.39, 0.29) is 11.6 Å². The Kier molecular flexibility index (Phi) is 2.52. The van der Waals surface area contributed by atoms with Crippen LogP contribution in [0.3, 0.4) is 0 Å². The van der Waals surface area contributed by atoms with Crippen LogP contribution in [0.2, 0.25) is 0 Å². The molecule has 0 spiro atoms. The number of fused-ring (bicyclic) bond motifs is 1. The minimum atomic E-state index is -1.20. The summed E-state index contributed by atoms with van der Waals surface area (Å²) >= 11 is 0. The molecule has 0 aliphatic heterocycles. The third kappa shape index (κ3) is 1.40. The topological polar surface area (TPSA) is 59.9 Å². The summed E-state index contributed by atoms with van der Waals surface area (Å²) in [6, 6.07) is 10.3. The van der Waals surface area contributed by atoms with Crippen molar-refractivity contribution in [2.45, 2.75) is 18.8 Å². The monoisotopic (exact) mass is 252 g/mol. The summed E-state index contributed by atoms with van der Waals surface area (Å²) < 4.78 is 0. The van der Waals surface area contributed by atoms with Crippen molar-refractivity contribution in [3.05, 3.63) is 59.4 Å².